The number of likely N-dealkylation sites (tertiary alicyclic amines) is 1. The van der Waals surface area contributed by atoms with Crippen LogP contribution in [0, 0.1) is 5.92 Å². The van der Waals surface area contributed by atoms with E-state index in [1.54, 1.807) is 0 Å². The van der Waals surface area contributed by atoms with Crippen LogP contribution in [-0.2, 0) is 4.79 Å². The molecule has 1 amide bonds. The normalized spacial score (nSPS) is 32.2. The number of fused-ring (bicyclic) bond motifs is 2. The average molecular weight is 259 g/mol. The van der Waals surface area contributed by atoms with E-state index in [-0.39, 0.29) is 24.0 Å². The first-order valence-corrected chi connectivity index (χ1v) is 7.21. The highest BCUT2D eigenvalue weighted by molar-refractivity contribution is 5.78. The van der Waals surface area contributed by atoms with Crippen LogP contribution in [0.25, 0.3) is 0 Å². The van der Waals surface area contributed by atoms with Crippen molar-refractivity contribution in [1.29, 1.82) is 0 Å². The van der Waals surface area contributed by atoms with E-state index < -0.39 is 0 Å². The Balaban J connectivity index is 1.82. The number of rotatable bonds is 2. The predicted octanol–water partition coefficient (Wildman–Crippen LogP) is 2.51. The Morgan fingerprint density at radius 2 is 2.00 bits per heavy atom. The molecule has 1 aliphatic heterocycles. The molecular formula is C16H21NO2. The lowest BCUT2D eigenvalue weighted by Gasteiger charge is -2.47. The summed E-state index contributed by atoms with van der Waals surface area (Å²) in [7, 11) is 0. The van der Waals surface area contributed by atoms with Crippen molar-refractivity contribution < 1.29 is 9.90 Å². The zero-order chi connectivity index (χ0) is 13.4. The standard InChI is InChI=1S/C16H21NO2/c1-11(12-5-3-2-4-6-12)17-14-7-8-15(18)13(9-14)10-16(17)19/h2-6,11,13-15,18H,7-10H2,1H3/t11-,13+,14-,15+/m0/s1. The minimum Gasteiger partial charge on any atom is -0.393 e. The van der Waals surface area contributed by atoms with Crippen LogP contribution < -0.4 is 0 Å². The highest BCUT2D eigenvalue weighted by Gasteiger charge is 2.42. The van der Waals surface area contributed by atoms with Gasteiger partial charge in [-0.3, -0.25) is 4.79 Å². The van der Waals surface area contributed by atoms with E-state index in [2.05, 4.69) is 24.0 Å². The van der Waals surface area contributed by atoms with Gasteiger partial charge in [-0.15, -0.1) is 0 Å². The molecule has 2 bridgehead atoms. The molecule has 1 aromatic carbocycles. The number of carbonyl (C=O) groups is 1. The molecule has 1 saturated heterocycles. The molecule has 1 aliphatic carbocycles. The molecule has 1 heterocycles. The Bertz CT molecular complexity index is 459. The Morgan fingerprint density at radius 1 is 1.26 bits per heavy atom. The third kappa shape index (κ3) is 2.27. The third-order valence-electron chi connectivity index (χ3n) is 4.73. The molecule has 19 heavy (non-hydrogen) atoms. The van der Waals surface area contributed by atoms with Crippen LogP contribution in [0.15, 0.2) is 30.3 Å². The van der Waals surface area contributed by atoms with Crippen molar-refractivity contribution in [2.45, 2.75) is 50.8 Å². The van der Waals surface area contributed by atoms with Crippen LogP contribution in [0.5, 0.6) is 0 Å². The number of benzene rings is 1. The predicted molar refractivity (Wildman–Crippen MR) is 73.5 cm³/mol. The van der Waals surface area contributed by atoms with Crippen LogP contribution in [-0.4, -0.2) is 28.1 Å². The van der Waals surface area contributed by atoms with Gasteiger partial charge in [-0.25, -0.2) is 0 Å². The van der Waals surface area contributed by atoms with Crippen LogP contribution in [0.3, 0.4) is 0 Å². The summed E-state index contributed by atoms with van der Waals surface area (Å²) in [5, 5.41) is 9.91. The second-order valence-electron chi connectivity index (χ2n) is 5.89. The highest BCUT2D eigenvalue weighted by Crippen LogP contribution is 2.39. The number of aliphatic hydroxyl groups excluding tert-OH is 1. The summed E-state index contributed by atoms with van der Waals surface area (Å²) in [5.41, 5.74) is 1.19. The molecule has 1 saturated carbocycles. The van der Waals surface area contributed by atoms with Crippen molar-refractivity contribution in [1.82, 2.24) is 4.90 Å². The smallest absolute Gasteiger partial charge is 0.223 e. The molecule has 0 radical (unpaired) electrons. The number of amides is 1. The minimum absolute atomic E-state index is 0.134. The van der Waals surface area contributed by atoms with E-state index in [9.17, 15) is 9.90 Å². The maximum atomic E-state index is 12.4. The second-order valence-corrected chi connectivity index (χ2v) is 5.89. The SMILES string of the molecule is C[C@@H](c1ccccc1)N1C(=O)C[C@H]2C[C@@H]1CC[C@H]2O. The Morgan fingerprint density at radius 3 is 2.74 bits per heavy atom. The molecule has 0 unspecified atom stereocenters. The van der Waals surface area contributed by atoms with Gasteiger partial charge in [0, 0.05) is 12.5 Å². The van der Waals surface area contributed by atoms with Gasteiger partial charge in [-0.05, 0) is 37.7 Å². The third-order valence-corrected chi connectivity index (χ3v) is 4.73. The van der Waals surface area contributed by atoms with E-state index in [1.807, 2.05) is 18.2 Å². The fourth-order valence-corrected chi connectivity index (χ4v) is 3.65. The van der Waals surface area contributed by atoms with Gasteiger partial charge >= 0.3 is 0 Å². The largest absolute Gasteiger partial charge is 0.393 e. The fourth-order valence-electron chi connectivity index (χ4n) is 3.65. The van der Waals surface area contributed by atoms with E-state index in [0.29, 0.717) is 12.5 Å². The topological polar surface area (TPSA) is 40.5 Å². The summed E-state index contributed by atoms with van der Waals surface area (Å²) in [4.78, 5) is 14.4. The number of carbonyl (C=O) groups excluding carboxylic acids is 1. The zero-order valence-electron chi connectivity index (χ0n) is 11.3. The van der Waals surface area contributed by atoms with E-state index >= 15 is 0 Å². The molecule has 1 N–H and O–H groups in total. The van der Waals surface area contributed by atoms with Gasteiger partial charge in [0.15, 0.2) is 0 Å². The van der Waals surface area contributed by atoms with Crippen molar-refractivity contribution in [2.24, 2.45) is 5.92 Å². The molecule has 0 spiro atoms. The summed E-state index contributed by atoms with van der Waals surface area (Å²) in [6, 6.07) is 10.7. The van der Waals surface area contributed by atoms with Crippen LogP contribution in [0.1, 0.15) is 44.2 Å². The van der Waals surface area contributed by atoms with Gasteiger partial charge in [0.05, 0.1) is 12.1 Å². The monoisotopic (exact) mass is 259 g/mol. The molecule has 1 aromatic rings. The van der Waals surface area contributed by atoms with Gasteiger partial charge in [0.1, 0.15) is 0 Å². The van der Waals surface area contributed by atoms with Crippen molar-refractivity contribution in [3.05, 3.63) is 35.9 Å². The quantitative estimate of drug-likeness (QED) is 0.886. The maximum absolute atomic E-state index is 12.4. The number of piperidine rings is 1. The maximum Gasteiger partial charge on any atom is 0.223 e. The average Bonchev–Trinajstić information content (AvgIpc) is 2.43. The Labute approximate surface area is 114 Å². The van der Waals surface area contributed by atoms with Crippen molar-refractivity contribution >= 4 is 5.91 Å². The Kier molecular flexibility index (Phi) is 3.31. The lowest BCUT2D eigenvalue weighted by atomic mass is 9.76. The molecule has 3 heteroatoms. The van der Waals surface area contributed by atoms with E-state index in [1.165, 1.54) is 5.56 Å². The van der Waals surface area contributed by atoms with Gasteiger partial charge in [-0.1, -0.05) is 30.3 Å². The highest BCUT2D eigenvalue weighted by atomic mass is 16.3. The first-order chi connectivity index (χ1) is 9.16. The molecule has 2 fully saturated rings. The number of nitrogens with zero attached hydrogens (tertiary/aromatic N) is 1. The van der Waals surface area contributed by atoms with Gasteiger partial charge in [0.2, 0.25) is 5.91 Å². The lowest BCUT2D eigenvalue weighted by molar-refractivity contribution is -0.147. The first kappa shape index (κ1) is 12.7. The van der Waals surface area contributed by atoms with Gasteiger partial charge in [-0.2, -0.15) is 0 Å². The second kappa shape index (κ2) is 4.97. The molecule has 0 aromatic heterocycles. The first-order valence-electron chi connectivity index (χ1n) is 7.21. The van der Waals surface area contributed by atoms with Crippen LogP contribution in [0.4, 0.5) is 0 Å². The molecule has 3 rings (SSSR count). The number of aliphatic hydroxyl groups is 1. The van der Waals surface area contributed by atoms with Gasteiger partial charge in [0.25, 0.3) is 0 Å². The zero-order valence-corrected chi connectivity index (χ0v) is 11.3. The molecule has 4 atom stereocenters. The van der Waals surface area contributed by atoms with E-state index in [0.717, 1.165) is 19.3 Å². The molecule has 102 valence electrons. The molecule has 2 aliphatic rings. The summed E-state index contributed by atoms with van der Waals surface area (Å²) < 4.78 is 0. The van der Waals surface area contributed by atoms with Crippen LogP contribution >= 0.6 is 0 Å². The van der Waals surface area contributed by atoms with Crippen LogP contribution in [0.2, 0.25) is 0 Å². The van der Waals surface area contributed by atoms with Gasteiger partial charge < -0.3 is 10.0 Å². The fraction of sp³-hybridized carbons (Fsp3) is 0.562. The van der Waals surface area contributed by atoms with Crippen molar-refractivity contribution in [3.8, 4) is 0 Å². The summed E-state index contributed by atoms with van der Waals surface area (Å²) in [5.74, 6) is 0.391. The number of hydrogen-bond donors (Lipinski definition) is 1. The molecular weight excluding hydrogens is 238 g/mol. The minimum atomic E-state index is -0.269. The summed E-state index contributed by atoms with van der Waals surface area (Å²) in [6.45, 7) is 2.11. The molecule has 3 nitrogen and oxygen atoms in total. The van der Waals surface area contributed by atoms with E-state index in [4.69, 9.17) is 0 Å². The number of hydrogen-bond acceptors (Lipinski definition) is 2. The lowest BCUT2D eigenvalue weighted by Crippen LogP contribution is -2.52. The Hall–Kier alpha value is -1.35. The van der Waals surface area contributed by atoms with Crippen molar-refractivity contribution in [2.75, 3.05) is 0 Å². The summed E-state index contributed by atoms with van der Waals surface area (Å²) in [6.07, 6.45) is 2.97. The summed E-state index contributed by atoms with van der Waals surface area (Å²) >= 11 is 0. The van der Waals surface area contributed by atoms with Crippen molar-refractivity contribution in [3.63, 3.8) is 0 Å².